The summed E-state index contributed by atoms with van der Waals surface area (Å²) in [6.45, 7) is 2.16. The Hall–Kier alpha value is -1.63. The maximum absolute atomic E-state index is 12.4. The fourth-order valence-corrected chi connectivity index (χ4v) is 3.41. The molecule has 2 aromatic carbocycles. The first-order chi connectivity index (χ1) is 9.95. The molecule has 0 aliphatic rings. The van der Waals surface area contributed by atoms with Gasteiger partial charge in [-0.15, -0.1) is 0 Å². The number of nitrogens with two attached hydrogens (primary N) is 1. The van der Waals surface area contributed by atoms with Crippen LogP contribution in [0.15, 0.2) is 41.3 Å². The van der Waals surface area contributed by atoms with E-state index in [-0.39, 0.29) is 10.9 Å². The Morgan fingerprint density at radius 2 is 1.86 bits per heavy atom. The van der Waals surface area contributed by atoms with Crippen molar-refractivity contribution in [1.29, 1.82) is 0 Å². The first-order valence-corrected chi connectivity index (χ1v) is 8.25. The standard InChI is InChI=1S/C15H20N2O3S/c1-11(16)9-10-17-21(18,19)15-8-7-14(20-2)12-5-3-4-6-13(12)15/h3-8,11,17H,9-10,16H2,1-2H3. The van der Waals surface area contributed by atoms with Crippen LogP contribution in [0.1, 0.15) is 13.3 Å². The van der Waals surface area contributed by atoms with Crippen molar-refractivity contribution in [2.45, 2.75) is 24.3 Å². The van der Waals surface area contributed by atoms with E-state index in [1.165, 1.54) is 0 Å². The molecule has 5 nitrogen and oxygen atoms in total. The Labute approximate surface area is 125 Å². The SMILES string of the molecule is COc1ccc(S(=O)(=O)NCCC(C)N)c2ccccc12. The van der Waals surface area contributed by atoms with Gasteiger partial charge in [0.1, 0.15) is 5.75 Å². The van der Waals surface area contributed by atoms with Gasteiger partial charge in [-0.25, -0.2) is 13.1 Å². The summed E-state index contributed by atoms with van der Waals surface area (Å²) in [5.74, 6) is 0.653. The van der Waals surface area contributed by atoms with E-state index < -0.39 is 10.0 Å². The van der Waals surface area contributed by atoms with E-state index in [4.69, 9.17) is 10.5 Å². The summed E-state index contributed by atoms with van der Waals surface area (Å²) in [6, 6.07) is 10.5. The maximum Gasteiger partial charge on any atom is 0.241 e. The van der Waals surface area contributed by atoms with Gasteiger partial charge >= 0.3 is 0 Å². The molecule has 3 N–H and O–H groups in total. The van der Waals surface area contributed by atoms with Crippen LogP contribution in [0.5, 0.6) is 5.75 Å². The molecule has 0 bridgehead atoms. The highest BCUT2D eigenvalue weighted by molar-refractivity contribution is 7.89. The van der Waals surface area contributed by atoms with Crippen molar-refractivity contribution in [1.82, 2.24) is 4.72 Å². The first kappa shape index (κ1) is 15.8. The molecule has 0 radical (unpaired) electrons. The highest BCUT2D eigenvalue weighted by Crippen LogP contribution is 2.30. The average Bonchev–Trinajstić information content (AvgIpc) is 2.45. The molecule has 0 aliphatic carbocycles. The van der Waals surface area contributed by atoms with Crippen molar-refractivity contribution in [3.63, 3.8) is 0 Å². The number of fused-ring (bicyclic) bond motifs is 1. The molecule has 0 amide bonds. The molecule has 0 heterocycles. The molecule has 0 saturated carbocycles. The van der Waals surface area contributed by atoms with Gasteiger partial charge in [0.25, 0.3) is 0 Å². The van der Waals surface area contributed by atoms with E-state index in [0.717, 1.165) is 5.39 Å². The van der Waals surface area contributed by atoms with E-state index in [1.807, 2.05) is 25.1 Å². The van der Waals surface area contributed by atoms with Crippen LogP contribution in [0, 0.1) is 0 Å². The minimum absolute atomic E-state index is 0.0414. The summed E-state index contributed by atoms with van der Waals surface area (Å²) < 4.78 is 32.7. The Balaban J connectivity index is 2.42. The van der Waals surface area contributed by atoms with Gasteiger partial charge in [0.2, 0.25) is 10.0 Å². The third-order valence-corrected chi connectivity index (χ3v) is 4.76. The summed E-state index contributed by atoms with van der Waals surface area (Å²) in [6.07, 6.45) is 0.591. The van der Waals surface area contributed by atoms with Crippen molar-refractivity contribution < 1.29 is 13.2 Å². The topological polar surface area (TPSA) is 81.4 Å². The number of nitrogens with one attached hydrogen (secondary N) is 1. The number of rotatable bonds is 6. The normalized spacial score (nSPS) is 13.3. The number of sulfonamides is 1. The van der Waals surface area contributed by atoms with Crippen molar-refractivity contribution in [3.8, 4) is 5.75 Å². The monoisotopic (exact) mass is 308 g/mol. The molecule has 0 aromatic heterocycles. The summed E-state index contributed by atoms with van der Waals surface area (Å²) in [5, 5.41) is 1.42. The first-order valence-electron chi connectivity index (χ1n) is 6.76. The zero-order chi connectivity index (χ0) is 15.5. The maximum atomic E-state index is 12.4. The quantitative estimate of drug-likeness (QED) is 0.853. The van der Waals surface area contributed by atoms with E-state index >= 15 is 0 Å². The Morgan fingerprint density at radius 1 is 1.19 bits per heavy atom. The molecule has 2 aromatic rings. The molecular formula is C15H20N2O3S. The molecule has 21 heavy (non-hydrogen) atoms. The van der Waals surface area contributed by atoms with E-state index in [9.17, 15) is 8.42 Å². The number of methoxy groups -OCH3 is 1. The van der Waals surface area contributed by atoms with Crippen LogP contribution in [0.4, 0.5) is 0 Å². The van der Waals surface area contributed by atoms with Crippen molar-refractivity contribution >= 4 is 20.8 Å². The van der Waals surface area contributed by atoms with Gasteiger partial charge < -0.3 is 10.5 Å². The lowest BCUT2D eigenvalue weighted by Gasteiger charge is -2.12. The van der Waals surface area contributed by atoms with Gasteiger partial charge in [-0.05, 0) is 25.5 Å². The second-order valence-electron chi connectivity index (χ2n) is 4.98. The molecule has 1 unspecified atom stereocenters. The Morgan fingerprint density at radius 3 is 2.48 bits per heavy atom. The zero-order valence-electron chi connectivity index (χ0n) is 12.2. The summed E-state index contributed by atoms with van der Waals surface area (Å²) >= 11 is 0. The zero-order valence-corrected chi connectivity index (χ0v) is 13.0. The predicted octanol–water partition coefficient (Wildman–Crippen LogP) is 1.86. The number of hydrogen-bond donors (Lipinski definition) is 2. The molecule has 2 rings (SSSR count). The average molecular weight is 308 g/mol. The molecule has 0 fully saturated rings. The Kier molecular flexibility index (Phi) is 4.82. The lowest BCUT2D eigenvalue weighted by atomic mass is 10.1. The predicted molar refractivity (Wildman–Crippen MR) is 84.0 cm³/mol. The highest BCUT2D eigenvalue weighted by Gasteiger charge is 2.18. The van der Waals surface area contributed by atoms with Gasteiger partial charge in [0, 0.05) is 23.4 Å². The van der Waals surface area contributed by atoms with Gasteiger partial charge in [0.05, 0.1) is 12.0 Å². The molecule has 1 atom stereocenters. The van der Waals surface area contributed by atoms with Crippen LogP contribution in [0.3, 0.4) is 0 Å². The minimum Gasteiger partial charge on any atom is -0.496 e. The van der Waals surface area contributed by atoms with Crippen LogP contribution in [0.2, 0.25) is 0 Å². The molecule has 0 spiro atoms. The van der Waals surface area contributed by atoms with Crippen molar-refractivity contribution in [2.75, 3.05) is 13.7 Å². The molecule has 6 heteroatoms. The van der Waals surface area contributed by atoms with E-state index in [1.54, 1.807) is 25.3 Å². The van der Waals surface area contributed by atoms with Gasteiger partial charge in [-0.1, -0.05) is 24.3 Å². The number of benzene rings is 2. The van der Waals surface area contributed by atoms with E-state index in [0.29, 0.717) is 24.1 Å². The largest absolute Gasteiger partial charge is 0.496 e. The molecule has 114 valence electrons. The van der Waals surface area contributed by atoms with Gasteiger partial charge in [-0.3, -0.25) is 0 Å². The van der Waals surface area contributed by atoms with Crippen LogP contribution in [-0.4, -0.2) is 28.1 Å². The van der Waals surface area contributed by atoms with Crippen LogP contribution < -0.4 is 15.2 Å². The third kappa shape index (κ3) is 3.53. The van der Waals surface area contributed by atoms with Crippen molar-refractivity contribution in [2.24, 2.45) is 5.73 Å². The van der Waals surface area contributed by atoms with Crippen LogP contribution in [-0.2, 0) is 10.0 Å². The molecule has 0 saturated heterocycles. The molecule has 0 aliphatic heterocycles. The highest BCUT2D eigenvalue weighted by atomic mass is 32.2. The van der Waals surface area contributed by atoms with Crippen LogP contribution >= 0.6 is 0 Å². The second-order valence-corrected chi connectivity index (χ2v) is 6.71. The number of ether oxygens (including phenoxy) is 1. The summed E-state index contributed by atoms with van der Waals surface area (Å²) in [5.41, 5.74) is 5.64. The number of hydrogen-bond acceptors (Lipinski definition) is 4. The van der Waals surface area contributed by atoms with Gasteiger partial charge in [0.15, 0.2) is 0 Å². The Bertz CT molecular complexity index is 727. The summed E-state index contributed by atoms with van der Waals surface area (Å²) in [7, 11) is -2.00. The van der Waals surface area contributed by atoms with Gasteiger partial charge in [-0.2, -0.15) is 0 Å². The fourth-order valence-electron chi connectivity index (χ4n) is 2.15. The lowest BCUT2D eigenvalue weighted by molar-refractivity contribution is 0.419. The second kappa shape index (κ2) is 6.43. The lowest BCUT2D eigenvalue weighted by Crippen LogP contribution is -2.29. The van der Waals surface area contributed by atoms with Crippen LogP contribution in [0.25, 0.3) is 10.8 Å². The fraction of sp³-hybridized carbons (Fsp3) is 0.333. The third-order valence-electron chi connectivity index (χ3n) is 3.25. The smallest absolute Gasteiger partial charge is 0.241 e. The summed E-state index contributed by atoms with van der Waals surface area (Å²) in [4.78, 5) is 0.253. The minimum atomic E-state index is -3.57. The molecular weight excluding hydrogens is 288 g/mol. The van der Waals surface area contributed by atoms with Crippen molar-refractivity contribution in [3.05, 3.63) is 36.4 Å². The van der Waals surface area contributed by atoms with E-state index in [2.05, 4.69) is 4.72 Å².